The number of tetrazole rings is 1. The van der Waals surface area contributed by atoms with Crippen molar-refractivity contribution in [2.24, 2.45) is 5.41 Å². The molecule has 0 unspecified atom stereocenters. The molecular formula is C34H31FN8O3S. The Balaban J connectivity index is 1.01. The molecule has 8 rings (SSSR count). The van der Waals surface area contributed by atoms with E-state index < -0.39 is 5.82 Å². The molecule has 3 aliphatic rings. The number of anilines is 3. The summed E-state index contributed by atoms with van der Waals surface area (Å²) in [4.78, 5) is 37.7. The van der Waals surface area contributed by atoms with Gasteiger partial charge in [-0.2, -0.15) is 0 Å². The van der Waals surface area contributed by atoms with Gasteiger partial charge in [0.05, 0.1) is 16.1 Å². The number of rotatable bonds is 5. The number of aryl methyl sites for hydroxylation is 1. The number of aromatic nitrogens is 5. The second-order valence-corrected chi connectivity index (χ2v) is 13.5. The van der Waals surface area contributed by atoms with Gasteiger partial charge in [-0.25, -0.2) is 14.5 Å². The zero-order valence-electron chi connectivity index (χ0n) is 25.6. The highest BCUT2D eigenvalue weighted by atomic mass is 32.1. The van der Waals surface area contributed by atoms with E-state index in [0.29, 0.717) is 47.1 Å². The quantitative estimate of drug-likeness (QED) is 0.255. The Morgan fingerprint density at radius 2 is 1.87 bits per heavy atom. The summed E-state index contributed by atoms with van der Waals surface area (Å²) in [6, 6.07) is 15.2. The average Bonchev–Trinajstić information content (AvgIpc) is 3.73. The fourth-order valence-electron chi connectivity index (χ4n) is 6.77. The molecule has 2 saturated heterocycles. The van der Waals surface area contributed by atoms with Crippen molar-refractivity contribution in [2.45, 2.75) is 26.2 Å². The monoisotopic (exact) mass is 650 g/mol. The van der Waals surface area contributed by atoms with Gasteiger partial charge in [0.25, 0.3) is 11.8 Å². The molecule has 47 heavy (non-hydrogen) atoms. The van der Waals surface area contributed by atoms with Crippen LogP contribution >= 0.6 is 11.3 Å². The molecule has 238 valence electrons. The largest absolute Gasteiger partial charge is 0.381 e. The van der Waals surface area contributed by atoms with Gasteiger partial charge in [-0.1, -0.05) is 0 Å². The summed E-state index contributed by atoms with van der Waals surface area (Å²) in [7, 11) is 0. The van der Waals surface area contributed by atoms with Gasteiger partial charge < -0.3 is 19.9 Å². The van der Waals surface area contributed by atoms with Crippen molar-refractivity contribution in [3.8, 4) is 21.1 Å². The Morgan fingerprint density at radius 1 is 1.06 bits per heavy atom. The molecule has 0 radical (unpaired) electrons. The van der Waals surface area contributed by atoms with Crippen molar-refractivity contribution in [3.05, 3.63) is 88.9 Å². The lowest BCUT2D eigenvalue weighted by Gasteiger charge is -2.53. The number of H-pyrrole nitrogens is 1. The number of hydrogen-bond acceptors (Lipinski definition) is 9. The van der Waals surface area contributed by atoms with Crippen molar-refractivity contribution >= 4 is 40.3 Å². The highest BCUT2D eigenvalue weighted by Gasteiger charge is 2.45. The van der Waals surface area contributed by atoms with Crippen LogP contribution < -0.4 is 15.1 Å². The lowest BCUT2D eigenvalue weighted by atomic mass is 9.73. The number of aromatic amines is 1. The fraction of sp³-hybridized carbons (Fsp3) is 0.294. The average molecular weight is 651 g/mol. The van der Waals surface area contributed by atoms with Crippen molar-refractivity contribution in [2.75, 3.05) is 48.0 Å². The van der Waals surface area contributed by atoms with Crippen LogP contribution in [0.25, 0.3) is 21.1 Å². The zero-order chi connectivity index (χ0) is 32.1. The molecule has 11 nitrogen and oxygen atoms in total. The number of pyridine rings is 1. The predicted molar refractivity (Wildman–Crippen MR) is 176 cm³/mol. The summed E-state index contributed by atoms with van der Waals surface area (Å²) < 4.78 is 20.1. The van der Waals surface area contributed by atoms with E-state index >= 15 is 0 Å². The first-order valence-corrected chi connectivity index (χ1v) is 16.4. The minimum atomic E-state index is -0.426. The molecule has 3 aromatic heterocycles. The van der Waals surface area contributed by atoms with Crippen LogP contribution in [0.3, 0.4) is 0 Å². The Bertz CT molecular complexity index is 1980. The van der Waals surface area contributed by atoms with Gasteiger partial charge in [0.1, 0.15) is 11.6 Å². The summed E-state index contributed by atoms with van der Waals surface area (Å²) in [5.74, 6) is 0.305. The zero-order valence-corrected chi connectivity index (χ0v) is 26.4. The van der Waals surface area contributed by atoms with E-state index in [1.807, 2.05) is 19.1 Å². The maximum absolute atomic E-state index is 14.6. The van der Waals surface area contributed by atoms with Crippen molar-refractivity contribution < 1.29 is 18.7 Å². The third kappa shape index (κ3) is 5.44. The number of halogens is 1. The molecule has 0 saturated carbocycles. The van der Waals surface area contributed by atoms with E-state index in [2.05, 4.69) is 35.8 Å². The van der Waals surface area contributed by atoms with Crippen LogP contribution in [0.1, 0.15) is 44.7 Å². The lowest BCUT2D eigenvalue weighted by molar-refractivity contribution is -0.000510. The maximum atomic E-state index is 14.6. The van der Waals surface area contributed by atoms with E-state index in [-0.39, 0.29) is 17.2 Å². The Morgan fingerprint density at radius 3 is 2.64 bits per heavy atom. The van der Waals surface area contributed by atoms with E-state index in [9.17, 15) is 14.0 Å². The molecule has 5 aromatic rings. The van der Waals surface area contributed by atoms with Gasteiger partial charge in [0.2, 0.25) is 0 Å². The molecule has 2 fully saturated rings. The summed E-state index contributed by atoms with van der Waals surface area (Å²) in [5, 5.41) is 17.1. The van der Waals surface area contributed by atoms with E-state index in [1.165, 1.54) is 23.5 Å². The summed E-state index contributed by atoms with van der Waals surface area (Å²) in [6.07, 6.45) is 4.41. The summed E-state index contributed by atoms with van der Waals surface area (Å²) in [6.45, 7) is 5.56. The van der Waals surface area contributed by atoms with Gasteiger partial charge in [0.15, 0.2) is 5.82 Å². The molecule has 13 heteroatoms. The minimum Gasteiger partial charge on any atom is -0.381 e. The highest BCUT2D eigenvalue weighted by Crippen LogP contribution is 2.45. The Labute approximate surface area is 273 Å². The number of benzene rings is 2. The Hall–Kier alpha value is -5.01. The van der Waals surface area contributed by atoms with Gasteiger partial charge >= 0.3 is 0 Å². The Kier molecular flexibility index (Phi) is 7.29. The number of thiophene rings is 1. The second-order valence-electron chi connectivity index (χ2n) is 12.5. The second kappa shape index (κ2) is 11.7. The number of nitrogens with zero attached hydrogens (tertiary/aromatic N) is 6. The summed E-state index contributed by atoms with van der Waals surface area (Å²) >= 11 is 1.50. The van der Waals surface area contributed by atoms with Gasteiger partial charge in [-0.15, -0.1) is 16.4 Å². The number of fused-ring (bicyclic) bond motifs is 3. The van der Waals surface area contributed by atoms with Crippen molar-refractivity contribution in [1.29, 1.82) is 0 Å². The van der Waals surface area contributed by atoms with Gasteiger partial charge in [0, 0.05) is 66.2 Å². The van der Waals surface area contributed by atoms with Crippen LogP contribution in [0.15, 0.2) is 60.8 Å². The molecule has 0 atom stereocenters. The topological polar surface area (TPSA) is 129 Å². The fourth-order valence-corrected chi connectivity index (χ4v) is 7.95. The van der Waals surface area contributed by atoms with Crippen LogP contribution in [-0.2, 0) is 11.2 Å². The number of carbonyl (C=O) groups excluding carboxylic acids is 2. The maximum Gasteiger partial charge on any atom is 0.259 e. The van der Waals surface area contributed by atoms with Gasteiger partial charge in [-0.3, -0.25) is 9.59 Å². The van der Waals surface area contributed by atoms with E-state index in [0.717, 1.165) is 65.6 Å². The highest BCUT2D eigenvalue weighted by molar-refractivity contribution is 7.19. The molecule has 0 bridgehead atoms. The number of amides is 2. The third-order valence-electron chi connectivity index (χ3n) is 9.28. The van der Waals surface area contributed by atoms with Crippen LogP contribution in [0.4, 0.5) is 21.6 Å². The van der Waals surface area contributed by atoms with Crippen LogP contribution in [0.5, 0.6) is 0 Å². The number of nitrogens with one attached hydrogen (secondary N) is 2. The van der Waals surface area contributed by atoms with Crippen LogP contribution in [-0.4, -0.2) is 70.3 Å². The first kappa shape index (κ1) is 29.4. The number of carbonyl (C=O) groups is 2. The summed E-state index contributed by atoms with van der Waals surface area (Å²) in [5.41, 5.74) is 4.95. The third-order valence-corrected chi connectivity index (χ3v) is 10.5. The molecule has 2 amide bonds. The first-order valence-electron chi connectivity index (χ1n) is 15.6. The molecule has 2 N–H and O–H groups in total. The van der Waals surface area contributed by atoms with E-state index in [1.54, 1.807) is 41.4 Å². The molecule has 6 heterocycles. The minimum absolute atomic E-state index is 0.241. The van der Waals surface area contributed by atoms with Crippen LogP contribution in [0, 0.1) is 18.2 Å². The van der Waals surface area contributed by atoms with Crippen molar-refractivity contribution in [1.82, 2.24) is 25.6 Å². The number of hydrogen-bond donors (Lipinski definition) is 2. The van der Waals surface area contributed by atoms with E-state index in [4.69, 9.17) is 4.74 Å². The van der Waals surface area contributed by atoms with Crippen LogP contribution in [0.2, 0.25) is 0 Å². The molecule has 1 spiro atoms. The molecule has 0 aliphatic carbocycles. The molecule has 2 aromatic carbocycles. The predicted octanol–water partition coefficient (Wildman–Crippen LogP) is 5.51. The SMILES string of the molecule is Cc1cnc(N2CC3(CCOCC3)C2)c(C(=O)Nc2ccc(C(=O)N3CCc4cc(-c5nnn[nH]5)sc4-c4ccc(F)cc43)cc2)c1. The lowest BCUT2D eigenvalue weighted by Crippen LogP contribution is -2.59. The molecule has 3 aliphatic heterocycles. The molecular weight excluding hydrogens is 619 g/mol. The number of ether oxygens (including phenoxy) is 1. The smallest absolute Gasteiger partial charge is 0.259 e. The normalized spacial score (nSPS) is 16.6. The standard InChI is InChI=1S/C34H31FN8O3S/c1-20-14-26(31(36-17-20)42-18-34(19-42)9-12-46-13-10-34)32(44)37-24-5-2-21(3-6-24)33(45)43-11-8-22-15-28(30-38-40-41-39-30)47-29(22)25-7-4-23(35)16-27(25)43/h2-7,14-17H,8-13,18-19H2,1H3,(H,37,44)(H,38,39,40,41). The van der Waals surface area contributed by atoms with Gasteiger partial charge in [-0.05, 0) is 102 Å². The first-order chi connectivity index (χ1) is 22.9. The van der Waals surface area contributed by atoms with Crippen molar-refractivity contribution in [3.63, 3.8) is 0 Å².